The van der Waals surface area contributed by atoms with Gasteiger partial charge >= 0.3 is 18.1 Å². The first-order valence-electron chi connectivity index (χ1n) is 2.97. The molecule has 8 heteroatoms. The Morgan fingerprint density at radius 1 is 1.62 bits per heavy atom. The summed E-state index contributed by atoms with van der Waals surface area (Å²) in [7, 11) is 0. The van der Waals surface area contributed by atoms with E-state index >= 15 is 0 Å². The number of carbonyl (C=O) groups excluding carboxylic acids is 1. The number of hydrogen-bond donors (Lipinski definition) is 2. The van der Waals surface area contributed by atoms with Gasteiger partial charge in [0.25, 0.3) is 0 Å². The van der Waals surface area contributed by atoms with Crippen molar-refractivity contribution in [1.82, 2.24) is 0 Å². The van der Waals surface area contributed by atoms with Gasteiger partial charge in [-0.05, 0) is 0 Å². The van der Waals surface area contributed by atoms with Crippen LogP contribution in [-0.4, -0.2) is 35.9 Å². The van der Waals surface area contributed by atoms with Gasteiger partial charge in [-0.2, -0.15) is 13.2 Å². The van der Waals surface area contributed by atoms with Crippen molar-refractivity contribution in [3.63, 3.8) is 0 Å². The number of esters is 1. The van der Waals surface area contributed by atoms with Gasteiger partial charge < -0.3 is 15.6 Å². The van der Waals surface area contributed by atoms with Crippen LogP contribution in [0.2, 0.25) is 0 Å². The third-order valence-electron chi connectivity index (χ3n) is 0.950. The predicted octanol–water partition coefficient (Wildman–Crippen LogP) is -0.496. The van der Waals surface area contributed by atoms with Crippen molar-refractivity contribution in [3.8, 4) is 0 Å². The van der Waals surface area contributed by atoms with E-state index in [0.29, 0.717) is 6.61 Å². The third kappa shape index (κ3) is 4.31. The summed E-state index contributed by atoms with van der Waals surface area (Å²) in [6.45, 7) is 0.402. The van der Waals surface area contributed by atoms with E-state index in [1.165, 1.54) is 0 Å². The van der Waals surface area contributed by atoms with Crippen LogP contribution in [0.3, 0.4) is 0 Å². The molecule has 1 aliphatic rings. The first-order valence-corrected chi connectivity index (χ1v) is 2.97. The number of hydrogen-bond acceptors (Lipinski definition) is 4. The Morgan fingerprint density at radius 2 is 1.92 bits per heavy atom. The van der Waals surface area contributed by atoms with Gasteiger partial charge in [-0.1, -0.05) is 0 Å². The van der Waals surface area contributed by atoms with Crippen molar-refractivity contribution in [2.45, 2.75) is 12.2 Å². The number of halogens is 3. The van der Waals surface area contributed by atoms with Gasteiger partial charge in [0.2, 0.25) is 0 Å². The second kappa shape index (κ2) is 4.08. The highest BCUT2D eigenvalue weighted by atomic mass is 19.4. The molecule has 0 radical (unpaired) electrons. The predicted molar refractivity (Wildman–Crippen MR) is 32.6 cm³/mol. The molecule has 1 aliphatic heterocycles. The maximum absolute atomic E-state index is 10.6. The zero-order chi connectivity index (χ0) is 10.6. The van der Waals surface area contributed by atoms with E-state index in [1.807, 2.05) is 0 Å². The maximum atomic E-state index is 10.6. The summed E-state index contributed by atoms with van der Waals surface area (Å²) in [6, 6.07) is -0.329. The molecule has 1 rings (SSSR count). The molecule has 76 valence electrons. The van der Waals surface area contributed by atoms with Gasteiger partial charge in [0.15, 0.2) is 0 Å². The molecule has 0 unspecified atom stereocenters. The van der Waals surface area contributed by atoms with Crippen LogP contribution >= 0.6 is 0 Å². The number of carboxylic acid groups (broad SMARTS) is 1. The van der Waals surface area contributed by atoms with Crippen molar-refractivity contribution < 1.29 is 32.6 Å². The minimum atomic E-state index is -5.08. The molecule has 0 spiro atoms. The highest BCUT2D eigenvalue weighted by Crippen LogP contribution is 2.13. The SMILES string of the molecule is N[C@@H]1COC1=O.O=C(O)C(F)(F)F. The van der Waals surface area contributed by atoms with Crippen LogP contribution in [0, 0.1) is 0 Å². The molecule has 1 saturated heterocycles. The molecule has 1 heterocycles. The molecule has 1 fully saturated rings. The van der Waals surface area contributed by atoms with Crippen LogP contribution < -0.4 is 5.73 Å². The minimum Gasteiger partial charge on any atom is -0.475 e. The Bertz CT molecular complexity index is 214. The Balaban J connectivity index is 0.000000223. The number of alkyl halides is 3. The minimum absolute atomic E-state index is 0.282. The number of rotatable bonds is 0. The first-order chi connectivity index (χ1) is 5.75. The van der Waals surface area contributed by atoms with E-state index in [0.717, 1.165) is 0 Å². The smallest absolute Gasteiger partial charge is 0.475 e. The van der Waals surface area contributed by atoms with E-state index in [4.69, 9.17) is 15.6 Å². The first kappa shape index (κ1) is 11.7. The Kier molecular flexibility index (Phi) is 3.67. The molecule has 0 aromatic carbocycles. The van der Waals surface area contributed by atoms with Crippen molar-refractivity contribution in [3.05, 3.63) is 0 Å². The molecule has 13 heavy (non-hydrogen) atoms. The molecule has 0 aromatic rings. The van der Waals surface area contributed by atoms with E-state index < -0.39 is 12.1 Å². The number of nitrogens with two attached hydrogens (primary N) is 1. The molecule has 5 nitrogen and oxygen atoms in total. The van der Waals surface area contributed by atoms with Crippen LogP contribution in [0.25, 0.3) is 0 Å². The zero-order valence-corrected chi connectivity index (χ0v) is 6.17. The van der Waals surface area contributed by atoms with E-state index in [2.05, 4.69) is 4.74 Å². The van der Waals surface area contributed by atoms with Crippen LogP contribution in [0.15, 0.2) is 0 Å². The molecule has 0 aliphatic carbocycles. The molecule has 3 N–H and O–H groups in total. The second-order valence-corrected chi connectivity index (χ2v) is 2.04. The number of carboxylic acids is 1. The van der Waals surface area contributed by atoms with Crippen molar-refractivity contribution >= 4 is 11.9 Å². The van der Waals surface area contributed by atoms with Gasteiger partial charge in [0.05, 0.1) is 0 Å². The average molecular weight is 201 g/mol. The maximum Gasteiger partial charge on any atom is 0.490 e. The summed E-state index contributed by atoms with van der Waals surface area (Å²) in [5.41, 5.74) is 5.05. The number of carbonyl (C=O) groups is 2. The molecule has 0 bridgehead atoms. The summed E-state index contributed by atoms with van der Waals surface area (Å²) < 4.78 is 36.0. The molecular formula is C5H6F3NO4. The Labute approximate surface area is 70.3 Å². The third-order valence-corrected chi connectivity index (χ3v) is 0.950. The quantitative estimate of drug-likeness (QED) is 0.516. The molecule has 0 amide bonds. The van der Waals surface area contributed by atoms with Gasteiger partial charge in [-0.3, -0.25) is 4.79 Å². The second-order valence-electron chi connectivity index (χ2n) is 2.04. The molecule has 0 aromatic heterocycles. The van der Waals surface area contributed by atoms with Crippen LogP contribution in [0.4, 0.5) is 13.2 Å². The van der Waals surface area contributed by atoms with E-state index in [-0.39, 0.29) is 12.0 Å². The number of aliphatic carboxylic acids is 1. The van der Waals surface area contributed by atoms with E-state index in [1.54, 1.807) is 0 Å². The molecular weight excluding hydrogens is 195 g/mol. The fraction of sp³-hybridized carbons (Fsp3) is 0.600. The van der Waals surface area contributed by atoms with Gasteiger partial charge in [0.1, 0.15) is 12.6 Å². The van der Waals surface area contributed by atoms with Crippen molar-refractivity contribution in [1.29, 1.82) is 0 Å². The number of cyclic esters (lactones) is 1. The van der Waals surface area contributed by atoms with Crippen LogP contribution in [0.1, 0.15) is 0 Å². The summed E-state index contributed by atoms with van der Waals surface area (Å²) in [5.74, 6) is -3.04. The molecule has 0 saturated carbocycles. The van der Waals surface area contributed by atoms with E-state index in [9.17, 15) is 18.0 Å². The number of ether oxygens (including phenoxy) is 1. The summed E-state index contributed by atoms with van der Waals surface area (Å²) in [5, 5.41) is 7.12. The summed E-state index contributed by atoms with van der Waals surface area (Å²) in [4.78, 5) is 18.8. The van der Waals surface area contributed by atoms with Crippen molar-refractivity contribution in [2.24, 2.45) is 5.73 Å². The Morgan fingerprint density at radius 3 is 1.92 bits per heavy atom. The fourth-order valence-corrected chi connectivity index (χ4v) is 0.248. The lowest BCUT2D eigenvalue weighted by Crippen LogP contribution is -2.47. The van der Waals surface area contributed by atoms with Gasteiger partial charge in [-0.25, -0.2) is 4.79 Å². The normalized spacial score (nSPS) is 20.6. The zero-order valence-electron chi connectivity index (χ0n) is 6.17. The summed E-state index contributed by atoms with van der Waals surface area (Å²) in [6.07, 6.45) is -5.08. The average Bonchev–Trinajstić information content (AvgIpc) is 2.00. The lowest BCUT2D eigenvalue weighted by molar-refractivity contribution is -0.192. The monoisotopic (exact) mass is 201 g/mol. The lowest BCUT2D eigenvalue weighted by Gasteiger charge is -2.18. The highest BCUT2D eigenvalue weighted by Gasteiger charge is 2.38. The topological polar surface area (TPSA) is 89.6 Å². The van der Waals surface area contributed by atoms with Gasteiger partial charge in [0, 0.05) is 0 Å². The van der Waals surface area contributed by atoms with Crippen LogP contribution in [-0.2, 0) is 14.3 Å². The fourth-order valence-electron chi connectivity index (χ4n) is 0.248. The Hall–Kier alpha value is -1.31. The largest absolute Gasteiger partial charge is 0.490 e. The summed E-state index contributed by atoms with van der Waals surface area (Å²) >= 11 is 0. The molecule has 1 atom stereocenters. The van der Waals surface area contributed by atoms with Crippen LogP contribution in [0.5, 0.6) is 0 Å². The highest BCUT2D eigenvalue weighted by molar-refractivity contribution is 5.80. The standard InChI is InChI=1S/C3H5NO2.C2HF3O2/c4-2-1-6-3(2)5;3-2(4,5)1(6)7/h2H,1,4H2;(H,6,7)/t2-;/m1./s1. The van der Waals surface area contributed by atoms with Crippen molar-refractivity contribution in [2.75, 3.05) is 6.61 Å². The van der Waals surface area contributed by atoms with Gasteiger partial charge in [-0.15, -0.1) is 0 Å². The lowest BCUT2D eigenvalue weighted by atomic mass is 10.3.